The molecule has 1 aromatic carbocycles. The van der Waals surface area contributed by atoms with Gasteiger partial charge in [-0.05, 0) is 49.6 Å². The molecular formula is C25H31BrN4OS. The minimum absolute atomic E-state index is 0.215. The first kappa shape index (κ1) is 24.7. The number of nitriles is 1. The number of ether oxygens (including phenoxy) is 1. The molecule has 1 fully saturated rings. The number of benzene rings is 1. The van der Waals surface area contributed by atoms with Crippen molar-refractivity contribution in [1.82, 2.24) is 9.80 Å². The van der Waals surface area contributed by atoms with Crippen LogP contribution in [-0.4, -0.2) is 55.7 Å². The van der Waals surface area contributed by atoms with Gasteiger partial charge in [-0.3, -0.25) is 4.90 Å². The van der Waals surface area contributed by atoms with Crippen LogP contribution >= 0.6 is 27.3 Å². The van der Waals surface area contributed by atoms with Gasteiger partial charge in [-0.25, -0.2) is 4.85 Å². The van der Waals surface area contributed by atoms with Crippen molar-refractivity contribution in [3.05, 3.63) is 57.2 Å². The Morgan fingerprint density at radius 2 is 1.91 bits per heavy atom. The predicted octanol–water partition coefficient (Wildman–Crippen LogP) is 5.96. The Morgan fingerprint density at radius 1 is 1.19 bits per heavy atom. The Balaban J connectivity index is 1.42. The van der Waals surface area contributed by atoms with Crippen LogP contribution in [0.25, 0.3) is 4.85 Å². The van der Waals surface area contributed by atoms with Crippen LogP contribution in [0, 0.1) is 23.8 Å². The molecule has 1 unspecified atom stereocenters. The Kier molecular flexibility index (Phi) is 9.13. The first-order chi connectivity index (χ1) is 15.5. The predicted molar refractivity (Wildman–Crippen MR) is 134 cm³/mol. The van der Waals surface area contributed by atoms with Crippen molar-refractivity contribution >= 4 is 32.3 Å². The van der Waals surface area contributed by atoms with E-state index in [1.54, 1.807) is 0 Å². The highest BCUT2D eigenvalue weighted by Gasteiger charge is 2.37. The molecular weight excluding hydrogens is 484 g/mol. The smallest absolute Gasteiger partial charge is 0.241 e. The van der Waals surface area contributed by atoms with E-state index in [4.69, 9.17) is 11.3 Å². The molecule has 2 aromatic rings. The molecule has 0 saturated carbocycles. The number of halogens is 1. The van der Waals surface area contributed by atoms with E-state index in [2.05, 4.69) is 50.5 Å². The van der Waals surface area contributed by atoms with Gasteiger partial charge >= 0.3 is 0 Å². The molecule has 0 aliphatic carbocycles. The Hall–Kier alpha value is -1.90. The van der Waals surface area contributed by atoms with Gasteiger partial charge in [-0.15, -0.1) is 0 Å². The topological polar surface area (TPSA) is 43.9 Å². The van der Waals surface area contributed by atoms with Crippen LogP contribution in [0.4, 0.5) is 5.00 Å². The summed E-state index contributed by atoms with van der Waals surface area (Å²) < 4.78 is 6.91. The second-order valence-corrected chi connectivity index (χ2v) is 10.6. The van der Waals surface area contributed by atoms with E-state index in [1.807, 2.05) is 36.4 Å². The number of thiophene rings is 1. The quantitative estimate of drug-likeness (QED) is 0.367. The van der Waals surface area contributed by atoms with Gasteiger partial charge < -0.3 is 9.64 Å². The highest BCUT2D eigenvalue weighted by molar-refractivity contribution is 9.10. The van der Waals surface area contributed by atoms with E-state index in [0.717, 1.165) is 67.2 Å². The second kappa shape index (κ2) is 11.8. The third-order valence-electron chi connectivity index (χ3n) is 6.31. The van der Waals surface area contributed by atoms with Crippen molar-refractivity contribution in [2.75, 3.05) is 45.9 Å². The van der Waals surface area contributed by atoms with Gasteiger partial charge in [0.2, 0.25) is 5.00 Å². The fraction of sp³-hybridized carbons (Fsp3) is 0.520. The summed E-state index contributed by atoms with van der Waals surface area (Å²) in [6, 6.07) is 14.4. The van der Waals surface area contributed by atoms with Gasteiger partial charge in [0, 0.05) is 42.1 Å². The molecule has 0 amide bonds. The first-order valence-electron chi connectivity index (χ1n) is 11.2. The first-order valence-corrected chi connectivity index (χ1v) is 12.8. The van der Waals surface area contributed by atoms with E-state index < -0.39 is 5.41 Å². The number of nitrogens with zero attached hydrogens (tertiary/aromatic N) is 4. The van der Waals surface area contributed by atoms with Crippen LogP contribution in [0.2, 0.25) is 0 Å². The zero-order valence-electron chi connectivity index (χ0n) is 18.9. The Morgan fingerprint density at radius 3 is 2.50 bits per heavy atom. The minimum Gasteiger partial charge on any atom is -0.492 e. The van der Waals surface area contributed by atoms with Crippen molar-refractivity contribution in [3.63, 3.8) is 0 Å². The van der Waals surface area contributed by atoms with Crippen molar-refractivity contribution in [3.8, 4) is 11.8 Å². The molecule has 1 aliphatic heterocycles. The lowest BCUT2D eigenvalue weighted by molar-refractivity contribution is 0.114. The third kappa shape index (κ3) is 6.33. The van der Waals surface area contributed by atoms with Gasteiger partial charge in [0.1, 0.15) is 12.4 Å². The molecule has 0 N–H and O–H groups in total. The van der Waals surface area contributed by atoms with E-state index in [0.29, 0.717) is 11.6 Å². The van der Waals surface area contributed by atoms with Crippen LogP contribution in [0.15, 0.2) is 40.9 Å². The monoisotopic (exact) mass is 514 g/mol. The standard InChI is InChI=1S/C25H31BrN4OS/c1-20(2)25(19-27,23-8-9-24(28-3)32-23)10-5-11-29-12-14-30(15-13-29)16-17-31-22-7-4-6-21(26)18-22/h4,6-9,18,20H,5,10-17H2,1-2H3. The molecule has 3 rings (SSSR count). The number of piperazine rings is 1. The van der Waals surface area contributed by atoms with Crippen molar-refractivity contribution in [1.29, 1.82) is 5.26 Å². The van der Waals surface area contributed by atoms with Crippen LogP contribution in [0.1, 0.15) is 31.6 Å². The van der Waals surface area contributed by atoms with Crippen LogP contribution in [-0.2, 0) is 5.41 Å². The van der Waals surface area contributed by atoms with Crippen LogP contribution in [0.3, 0.4) is 0 Å². The molecule has 7 heteroatoms. The van der Waals surface area contributed by atoms with E-state index in [1.165, 1.54) is 11.3 Å². The van der Waals surface area contributed by atoms with Crippen LogP contribution < -0.4 is 4.74 Å². The zero-order chi connectivity index (χ0) is 23.0. The van der Waals surface area contributed by atoms with Gasteiger partial charge in [0.15, 0.2) is 0 Å². The fourth-order valence-electron chi connectivity index (χ4n) is 4.23. The van der Waals surface area contributed by atoms with E-state index in [9.17, 15) is 5.26 Å². The SMILES string of the molecule is [C-]#[N+]c1ccc(C(C#N)(CCCN2CCN(CCOc3cccc(Br)c3)CC2)C(C)C)s1. The van der Waals surface area contributed by atoms with E-state index in [-0.39, 0.29) is 5.92 Å². The Labute approximate surface area is 204 Å². The molecule has 32 heavy (non-hydrogen) atoms. The summed E-state index contributed by atoms with van der Waals surface area (Å²) >= 11 is 4.95. The summed E-state index contributed by atoms with van der Waals surface area (Å²) in [6.07, 6.45) is 1.82. The lowest BCUT2D eigenvalue weighted by Gasteiger charge is -2.36. The molecule has 1 aliphatic rings. The van der Waals surface area contributed by atoms with Gasteiger partial charge in [0.05, 0.1) is 18.1 Å². The molecule has 0 radical (unpaired) electrons. The summed E-state index contributed by atoms with van der Waals surface area (Å²) in [7, 11) is 0. The molecule has 1 aromatic heterocycles. The Bertz CT molecular complexity index is 955. The van der Waals surface area contributed by atoms with Crippen molar-refractivity contribution < 1.29 is 4.74 Å². The molecule has 0 spiro atoms. The maximum Gasteiger partial charge on any atom is 0.241 e. The second-order valence-electron chi connectivity index (χ2n) is 8.58. The lowest BCUT2D eigenvalue weighted by atomic mass is 9.73. The molecule has 1 atom stereocenters. The maximum atomic E-state index is 10.1. The van der Waals surface area contributed by atoms with Crippen LogP contribution in [0.5, 0.6) is 5.75 Å². The highest BCUT2D eigenvalue weighted by Crippen LogP contribution is 2.42. The van der Waals surface area contributed by atoms with Crippen molar-refractivity contribution in [2.45, 2.75) is 32.1 Å². The molecule has 0 bridgehead atoms. The summed E-state index contributed by atoms with van der Waals surface area (Å²) in [5.74, 6) is 1.12. The summed E-state index contributed by atoms with van der Waals surface area (Å²) in [5, 5.41) is 10.7. The third-order valence-corrected chi connectivity index (χ3v) is 7.96. The lowest BCUT2D eigenvalue weighted by Crippen LogP contribution is -2.47. The highest BCUT2D eigenvalue weighted by atomic mass is 79.9. The number of hydrogen-bond donors (Lipinski definition) is 0. The molecule has 170 valence electrons. The summed E-state index contributed by atoms with van der Waals surface area (Å²) in [5.41, 5.74) is -0.501. The average molecular weight is 516 g/mol. The summed E-state index contributed by atoms with van der Waals surface area (Å²) in [4.78, 5) is 9.54. The zero-order valence-corrected chi connectivity index (χ0v) is 21.3. The van der Waals surface area contributed by atoms with E-state index >= 15 is 0 Å². The largest absolute Gasteiger partial charge is 0.492 e. The summed E-state index contributed by atoms with van der Waals surface area (Å²) in [6.45, 7) is 18.3. The van der Waals surface area contributed by atoms with Gasteiger partial charge in [-0.2, -0.15) is 16.6 Å². The van der Waals surface area contributed by atoms with Gasteiger partial charge in [-0.1, -0.05) is 41.9 Å². The number of rotatable bonds is 10. The normalized spacial score (nSPS) is 16.9. The van der Waals surface area contributed by atoms with Gasteiger partial charge in [0.25, 0.3) is 0 Å². The maximum absolute atomic E-state index is 10.1. The molecule has 2 heterocycles. The van der Waals surface area contributed by atoms with Crippen molar-refractivity contribution in [2.24, 2.45) is 5.92 Å². The molecule has 1 saturated heterocycles. The minimum atomic E-state index is -0.501. The fourth-order valence-corrected chi connectivity index (χ4v) is 5.72. The average Bonchev–Trinajstić information content (AvgIpc) is 3.27. The number of hydrogen-bond acceptors (Lipinski definition) is 5. The molecule has 5 nitrogen and oxygen atoms in total.